The summed E-state index contributed by atoms with van der Waals surface area (Å²) in [5.41, 5.74) is 1.46. The van der Waals surface area contributed by atoms with E-state index in [1.54, 1.807) is 6.20 Å². The molecule has 4 rings (SSSR count). The van der Waals surface area contributed by atoms with Crippen molar-refractivity contribution >= 4 is 52.3 Å². The summed E-state index contributed by atoms with van der Waals surface area (Å²) >= 11 is 0. The number of amides is 7. The number of nitrogens with one attached hydrogen (secondary N) is 7. The molecule has 1 aromatic heterocycles. The Bertz CT molecular complexity index is 1630. The van der Waals surface area contributed by atoms with Crippen LogP contribution in [0.25, 0.3) is 10.9 Å². The molecule has 2 fully saturated rings. The molecule has 0 bridgehead atoms. The van der Waals surface area contributed by atoms with Crippen LogP contribution in [0.5, 0.6) is 0 Å². The quantitative estimate of drug-likeness (QED) is 0.156. The smallest absolute Gasteiger partial charge is 0.248 e. The molecule has 2 saturated heterocycles. The van der Waals surface area contributed by atoms with Gasteiger partial charge in [-0.3, -0.25) is 33.6 Å². The van der Waals surface area contributed by atoms with Crippen LogP contribution in [-0.4, -0.2) is 123 Å². The van der Waals surface area contributed by atoms with Gasteiger partial charge in [0.05, 0.1) is 19.3 Å². The van der Waals surface area contributed by atoms with Gasteiger partial charge in [-0.25, -0.2) is 0 Å². The van der Waals surface area contributed by atoms with Crippen LogP contribution < -0.4 is 31.9 Å². The second-order valence-corrected chi connectivity index (χ2v) is 13.5. The number of benzene rings is 1. The molecule has 7 amide bonds. The molecule has 9 N–H and O–H groups in total. The van der Waals surface area contributed by atoms with Crippen LogP contribution in [0.3, 0.4) is 0 Å². The number of aliphatic hydroxyl groups excluding tert-OH is 2. The fourth-order valence-electron chi connectivity index (χ4n) is 6.23. The van der Waals surface area contributed by atoms with Gasteiger partial charge >= 0.3 is 0 Å². The molecule has 0 spiro atoms. The van der Waals surface area contributed by atoms with Crippen LogP contribution in [0.15, 0.2) is 30.5 Å². The summed E-state index contributed by atoms with van der Waals surface area (Å²) in [4.78, 5) is 98.0. The summed E-state index contributed by atoms with van der Waals surface area (Å²) in [7, 11) is 0. The molecule has 0 aliphatic carbocycles. The van der Waals surface area contributed by atoms with Gasteiger partial charge in [-0.05, 0) is 50.7 Å². The van der Waals surface area contributed by atoms with E-state index in [9.17, 15) is 43.8 Å². The minimum absolute atomic E-state index is 0.0326. The molecule has 2 aromatic rings. The molecule has 0 saturated carbocycles. The zero-order valence-electron chi connectivity index (χ0n) is 29.2. The first-order valence-corrected chi connectivity index (χ1v) is 17.1. The number of H-pyrrole nitrogens is 1. The van der Waals surface area contributed by atoms with Crippen LogP contribution in [-0.2, 0) is 40.0 Å². The number of rotatable bonds is 6. The summed E-state index contributed by atoms with van der Waals surface area (Å²) in [5, 5.41) is 36.5. The van der Waals surface area contributed by atoms with Gasteiger partial charge in [0.15, 0.2) is 0 Å². The van der Waals surface area contributed by atoms with Crippen LogP contribution in [0.1, 0.15) is 52.5 Å². The normalized spacial score (nSPS) is 27.0. The minimum atomic E-state index is -1.53. The first kappa shape index (κ1) is 38.8. The van der Waals surface area contributed by atoms with E-state index in [0.29, 0.717) is 12.0 Å². The highest BCUT2D eigenvalue weighted by molar-refractivity contribution is 5.98. The molecule has 2 aliphatic rings. The van der Waals surface area contributed by atoms with Gasteiger partial charge in [0.2, 0.25) is 41.4 Å². The molecule has 278 valence electrons. The Balaban J connectivity index is 1.69. The number of carbonyl (C=O) groups excluding carboxylic acids is 7. The average molecular weight is 713 g/mol. The number of hydrogen-bond acceptors (Lipinski definition) is 9. The zero-order chi connectivity index (χ0) is 37.4. The third-order valence-electron chi connectivity index (χ3n) is 8.97. The molecule has 17 nitrogen and oxygen atoms in total. The maximum atomic E-state index is 13.9. The van der Waals surface area contributed by atoms with Gasteiger partial charge in [-0.15, -0.1) is 0 Å². The number of fused-ring (bicyclic) bond motifs is 2. The monoisotopic (exact) mass is 712 g/mol. The van der Waals surface area contributed by atoms with Gasteiger partial charge < -0.3 is 52.0 Å². The van der Waals surface area contributed by atoms with E-state index in [4.69, 9.17) is 0 Å². The Morgan fingerprint density at radius 1 is 0.824 bits per heavy atom. The van der Waals surface area contributed by atoms with Crippen molar-refractivity contribution in [3.8, 4) is 0 Å². The molecular weight excluding hydrogens is 664 g/mol. The van der Waals surface area contributed by atoms with Gasteiger partial charge in [0, 0.05) is 30.1 Å². The van der Waals surface area contributed by atoms with Crippen molar-refractivity contribution < 1.29 is 43.8 Å². The molecular formula is C34H48N8O9. The van der Waals surface area contributed by atoms with E-state index in [2.05, 4.69) is 36.9 Å². The molecule has 17 heteroatoms. The lowest BCUT2D eigenvalue weighted by molar-refractivity contribution is -0.144. The van der Waals surface area contributed by atoms with E-state index in [1.165, 1.54) is 18.7 Å². The van der Waals surface area contributed by atoms with Gasteiger partial charge in [0.1, 0.15) is 36.3 Å². The molecule has 3 heterocycles. The fourth-order valence-corrected chi connectivity index (χ4v) is 6.23. The standard InChI is InChI=1S/C34H48N8O9/c1-17(2)12-23-30(47)37-18(3)29(46)36-15-27(45)41-28(19(4)44)34(51)42-11-7-10-26(42)33(50)40-25(16-43)32(49)39-24(31(48)38-23)13-20-14-35-22-9-6-5-8-21(20)22/h5-6,8-9,14,17-19,23-26,28,35,43-44H,7,10-13,15-16H2,1-4H3,(H,36,46)(H,37,47)(H,38,48)(H,39,49)(H,40,50)(H,41,45)/t18-,19+,23-,24-,25-,26-,28-/m0/s1. The van der Waals surface area contributed by atoms with Crippen LogP contribution in [0.4, 0.5) is 0 Å². The molecule has 7 atom stereocenters. The third kappa shape index (κ3) is 9.82. The number of para-hydroxylation sites is 1. The Hall–Kier alpha value is -5.03. The van der Waals surface area contributed by atoms with Crippen molar-refractivity contribution in [3.63, 3.8) is 0 Å². The molecule has 2 aliphatic heterocycles. The largest absolute Gasteiger partial charge is 0.394 e. The predicted octanol–water partition coefficient (Wildman–Crippen LogP) is -2.31. The van der Waals surface area contributed by atoms with Crippen LogP contribution in [0, 0.1) is 5.92 Å². The van der Waals surface area contributed by atoms with Gasteiger partial charge in [-0.1, -0.05) is 32.0 Å². The Morgan fingerprint density at radius 2 is 1.47 bits per heavy atom. The lowest BCUT2D eigenvalue weighted by atomic mass is 10.00. The average Bonchev–Trinajstić information content (AvgIpc) is 3.74. The first-order valence-electron chi connectivity index (χ1n) is 17.1. The first-order chi connectivity index (χ1) is 24.2. The van der Waals surface area contributed by atoms with Crippen LogP contribution in [0.2, 0.25) is 0 Å². The van der Waals surface area contributed by atoms with E-state index < -0.39 is 96.9 Å². The molecule has 51 heavy (non-hydrogen) atoms. The SMILES string of the molecule is CC(C)C[C@@H]1NC(=O)[C@H](Cc2c[nH]c3ccccc23)NC(=O)[C@H](CO)NC(=O)[C@@H]2CCCN2C(=O)[C@H]([C@@H](C)O)NC(=O)CNC(=O)[C@H](C)NC1=O. The van der Waals surface area contributed by atoms with Crippen molar-refractivity contribution in [1.29, 1.82) is 0 Å². The number of nitrogens with zero attached hydrogens (tertiary/aromatic N) is 1. The van der Waals surface area contributed by atoms with Crippen molar-refractivity contribution in [3.05, 3.63) is 36.0 Å². The van der Waals surface area contributed by atoms with Crippen LogP contribution >= 0.6 is 0 Å². The number of aliphatic hydroxyl groups is 2. The van der Waals surface area contributed by atoms with Gasteiger partial charge in [0.25, 0.3) is 0 Å². The number of aromatic nitrogens is 1. The summed E-state index contributed by atoms with van der Waals surface area (Å²) in [6, 6.07) is -0.306. The van der Waals surface area contributed by atoms with E-state index in [0.717, 1.165) is 10.9 Å². The number of aromatic amines is 1. The molecule has 1 aromatic carbocycles. The highest BCUT2D eigenvalue weighted by Crippen LogP contribution is 2.21. The molecule has 0 unspecified atom stereocenters. The second-order valence-electron chi connectivity index (χ2n) is 13.5. The van der Waals surface area contributed by atoms with Crippen molar-refractivity contribution in [2.75, 3.05) is 19.7 Å². The second kappa shape index (κ2) is 17.3. The Labute approximate surface area is 295 Å². The number of carbonyl (C=O) groups is 7. The number of hydrogen-bond donors (Lipinski definition) is 9. The zero-order valence-corrected chi connectivity index (χ0v) is 29.2. The topological polar surface area (TPSA) is 251 Å². The van der Waals surface area contributed by atoms with E-state index in [1.807, 2.05) is 38.1 Å². The summed E-state index contributed by atoms with van der Waals surface area (Å²) in [6.07, 6.45) is 1.06. The minimum Gasteiger partial charge on any atom is -0.394 e. The molecule has 0 radical (unpaired) electrons. The van der Waals surface area contributed by atoms with Gasteiger partial charge in [-0.2, -0.15) is 0 Å². The highest BCUT2D eigenvalue weighted by atomic mass is 16.3. The maximum Gasteiger partial charge on any atom is 0.248 e. The Kier molecular flexibility index (Phi) is 13.1. The summed E-state index contributed by atoms with van der Waals surface area (Å²) < 4.78 is 0. The van der Waals surface area contributed by atoms with E-state index >= 15 is 0 Å². The van der Waals surface area contributed by atoms with Crippen molar-refractivity contribution in [2.24, 2.45) is 5.92 Å². The Morgan fingerprint density at radius 3 is 2.16 bits per heavy atom. The summed E-state index contributed by atoms with van der Waals surface area (Å²) in [6.45, 7) is 5.03. The maximum absolute atomic E-state index is 13.9. The third-order valence-corrected chi connectivity index (χ3v) is 8.97. The highest BCUT2D eigenvalue weighted by Gasteiger charge is 2.41. The van der Waals surface area contributed by atoms with E-state index in [-0.39, 0.29) is 31.7 Å². The fraction of sp³-hybridized carbons (Fsp3) is 0.559. The summed E-state index contributed by atoms with van der Waals surface area (Å²) in [5.74, 6) is -5.45. The van der Waals surface area contributed by atoms with Crippen molar-refractivity contribution in [2.45, 2.75) is 95.7 Å². The van der Waals surface area contributed by atoms with Crippen molar-refractivity contribution in [1.82, 2.24) is 41.8 Å². The lowest BCUT2D eigenvalue weighted by Crippen LogP contribution is -2.60. The lowest BCUT2D eigenvalue weighted by Gasteiger charge is -2.31. The predicted molar refractivity (Wildman–Crippen MR) is 183 cm³/mol.